The van der Waals surface area contributed by atoms with Crippen LogP contribution in [0.2, 0.25) is 0 Å². The van der Waals surface area contributed by atoms with Gasteiger partial charge in [0.05, 0.1) is 19.3 Å². The molecule has 2 unspecified atom stereocenters. The number of β-amino-alcohol motifs (C(OH)–C–C–N with tert-alkyl or cyclic N) is 1. The minimum absolute atomic E-state index is 0.107. The first-order chi connectivity index (χ1) is 12.7. The molecule has 1 aliphatic rings. The number of carbonyl (C=O) groups excluding carboxylic acids is 1. The second kappa shape index (κ2) is 8.69. The van der Waals surface area contributed by atoms with Crippen molar-refractivity contribution >= 4 is 5.91 Å². The van der Waals surface area contributed by atoms with E-state index in [9.17, 15) is 9.90 Å². The van der Waals surface area contributed by atoms with Crippen molar-refractivity contribution in [2.45, 2.75) is 31.7 Å². The number of rotatable bonds is 7. The van der Waals surface area contributed by atoms with Crippen molar-refractivity contribution in [1.29, 1.82) is 0 Å². The van der Waals surface area contributed by atoms with E-state index < -0.39 is 6.10 Å². The molecule has 1 heterocycles. The summed E-state index contributed by atoms with van der Waals surface area (Å²) in [5.41, 5.74) is 2.00. The molecule has 1 fully saturated rings. The second-order valence-corrected chi connectivity index (χ2v) is 6.33. The molecular weight excluding hydrogens is 332 g/mol. The van der Waals surface area contributed by atoms with Crippen LogP contribution in [-0.4, -0.2) is 36.8 Å². The van der Waals surface area contributed by atoms with Gasteiger partial charge in [0, 0.05) is 13.1 Å². The Morgan fingerprint density at radius 3 is 2.69 bits per heavy atom. The topological polar surface area (TPSA) is 79.8 Å². The van der Waals surface area contributed by atoms with Crippen LogP contribution in [0.5, 0.6) is 11.5 Å². The molecule has 0 bridgehead atoms. The molecule has 1 amide bonds. The van der Waals surface area contributed by atoms with Gasteiger partial charge in [0.1, 0.15) is 6.61 Å². The summed E-state index contributed by atoms with van der Waals surface area (Å²) in [5.74, 6) is 1.18. The zero-order valence-electron chi connectivity index (χ0n) is 14.8. The van der Waals surface area contributed by atoms with Crippen molar-refractivity contribution in [3.8, 4) is 11.5 Å². The average molecular weight is 356 g/mol. The zero-order chi connectivity index (χ0) is 18.4. The highest BCUT2D eigenvalue weighted by Crippen LogP contribution is 2.28. The molecule has 1 aliphatic heterocycles. The Hall–Kier alpha value is -2.57. The van der Waals surface area contributed by atoms with Crippen LogP contribution in [0.1, 0.15) is 17.5 Å². The first kappa shape index (κ1) is 18.2. The molecule has 2 atom stereocenters. The molecule has 3 N–H and O–H groups in total. The number of aliphatic hydroxyl groups is 1. The Morgan fingerprint density at radius 2 is 2.00 bits per heavy atom. The number of ether oxygens (including phenoxy) is 2. The Bertz CT molecular complexity index is 736. The molecule has 0 aromatic heterocycles. The smallest absolute Gasteiger partial charge is 0.237 e. The summed E-state index contributed by atoms with van der Waals surface area (Å²) >= 11 is 0. The van der Waals surface area contributed by atoms with Crippen molar-refractivity contribution in [2.75, 3.05) is 13.7 Å². The van der Waals surface area contributed by atoms with Gasteiger partial charge in [-0.3, -0.25) is 4.79 Å². The summed E-state index contributed by atoms with van der Waals surface area (Å²) < 4.78 is 11.2. The van der Waals surface area contributed by atoms with Crippen LogP contribution in [0.25, 0.3) is 0 Å². The fourth-order valence-corrected chi connectivity index (χ4v) is 2.91. The largest absolute Gasteiger partial charge is 0.493 e. The van der Waals surface area contributed by atoms with E-state index in [-0.39, 0.29) is 11.9 Å². The van der Waals surface area contributed by atoms with Gasteiger partial charge < -0.3 is 25.2 Å². The van der Waals surface area contributed by atoms with Crippen molar-refractivity contribution in [3.63, 3.8) is 0 Å². The predicted octanol–water partition coefficient (Wildman–Crippen LogP) is 1.61. The Labute approximate surface area is 153 Å². The van der Waals surface area contributed by atoms with E-state index in [2.05, 4.69) is 10.6 Å². The number of methoxy groups -OCH3 is 1. The maximum atomic E-state index is 12.1. The molecule has 26 heavy (non-hydrogen) atoms. The van der Waals surface area contributed by atoms with Crippen LogP contribution < -0.4 is 20.1 Å². The van der Waals surface area contributed by atoms with Gasteiger partial charge in [-0.2, -0.15) is 0 Å². The number of aliphatic hydroxyl groups excluding tert-OH is 1. The van der Waals surface area contributed by atoms with Gasteiger partial charge >= 0.3 is 0 Å². The summed E-state index contributed by atoms with van der Waals surface area (Å²) in [5, 5.41) is 15.4. The molecule has 6 nitrogen and oxygen atoms in total. The molecule has 3 rings (SSSR count). The van der Waals surface area contributed by atoms with Crippen LogP contribution in [0.3, 0.4) is 0 Å². The van der Waals surface area contributed by atoms with E-state index in [1.165, 1.54) is 0 Å². The summed E-state index contributed by atoms with van der Waals surface area (Å²) in [6, 6.07) is 15.2. The van der Waals surface area contributed by atoms with Crippen LogP contribution in [-0.2, 0) is 17.9 Å². The minimum Gasteiger partial charge on any atom is -0.493 e. The third-order valence-corrected chi connectivity index (χ3v) is 4.36. The van der Waals surface area contributed by atoms with Gasteiger partial charge in [0.2, 0.25) is 5.91 Å². The first-order valence-corrected chi connectivity index (χ1v) is 8.68. The lowest BCUT2D eigenvalue weighted by Gasteiger charge is -2.14. The van der Waals surface area contributed by atoms with E-state index in [0.717, 1.165) is 11.1 Å². The van der Waals surface area contributed by atoms with Crippen molar-refractivity contribution < 1.29 is 19.4 Å². The van der Waals surface area contributed by atoms with Gasteiger partial charge in [0.25, 0.3) is 0 Å². The predicted molar refractivity (Wildman–Crippen MR) is 98.0 cm³/mol. The maximum absolute atomic E-state index is 12.1. The van der Waals surface area contributed by atoms with Gasteiger partial charge in [-0.15, -0.1) is 0 Å². The van der Waals surface area contributed by atoms with Crippen LogP contribution >= 0.6 is 0 Å². The zero-order valence-corrected chi connectivity index (χ0v) is 14.8. The number of hydrogen-bond donors (Lipinski definition) is 3. The third-order valence-electron chi connectivity index (χ3n) is 4.36. The molecule has 1 saturated heterocycles. The number of nitrogens with one attached hydrogen (secondary N) is 2. The highest BCUT2D eigenvalue weighted by Gasteiger charge is 2.27. The molecular formula is C20H24N2O4. The number of carbonyl (C=O) groups is 1. The highest BCUT2D eigenvalue weighted by molar-refractivity contribution is 5.82. The molecule has 0 radical (unpaired) electrons. The van der Waals surface area contributed by atoms with Gasteiger partial charge in [-0.05, 0) is 29.7 Å². The summed E-state index contributed by atoms with van der Waals surface area (Å²) in [6.07, 6.45) is -0.00610. The van der Waals surface area contributed by atoms with Crippen LogP contribution in [0, 0.1) is 0 Å². The van der Waals surface area contributed by atoms with Crippen LogP contribution in [0.4, 0.5) is 0 Å². The van der Waals surface area contributed by atoms with E-state index >= 15 is 0 Å². The third kappa shape index (κ3) is 4.74. The standard InChI is InChI=1S/C20H24N2O4/c1-25-19-9-15(11-22-20(24)17-10-16(23)12-21-17)7-8-18(19)26-13-14-5-3-2-4-6-14/h2-9,16-17,21,23H,10-13H2,1H3,(H,22,24). The average Bonchev–Trinajstić information content (AvgIpc) is 3.12. The molecule has 0 saturated carbocycles. The summed E-state index contributed by atoms with van der Waals surface area (Å²) in [6.45, 7) is 1.31. The minimum atomic E-state index is -0.452. The van der Waals surface area contributed by atoms with Gasteiger partial charge in [-0.25, -0.2) is 0 Å². The monoisotopic (exact) mass is 356 g/mol. The van der Waals surface area contributed by atoms with E-state index in [1.54, 1.807) is 7.11 Å². The fourth-order valence-electron chi connectivity index (χ4n) is 2.91. The second-order valence-electron chi connectivity index (χ2n) is 6.33. The van der Waals surface area contributed by atoms with Crippen molar-refractivity contribution in [3.05, 3.63) is 59.7 Å². The maximum Gasteiger partial charge on any atom is 0.237 e. The van der Waals surface area contributed by atoms with Crippen molar-refractivity contribution in [1.82, 2.24) is 10.6 Å². The fraction of sp³-hybridized carbons (Fsp3) is 0.350. The SMILES string of the molecule is COc1cc(CNC(=O)C2CC(O)CN2)ccc1OCc1ccccc1. The summed E-state index contributed by atoms with van der Waals surface area (Å²) in [7, 11) is 1.59. The van der Waals surface area contributed by atoms with E-state index in [1.807, 2.05) is 48.5 Å². The number of hydrogen-bond acceptors (Lipinski definition) is 5. The lowest BCUT2D eigenvalue weighted by atomic mass is 10.1. The molecule has 0 spiro atoms. The van der Waals surface area contributed by atoms with E-state index in [4.69, 9.17) is 9.47 Å². The van der Waals surface area contributed by atoms with E-state index in [0.29, 0.717) is 37.6 Å². The first-order valence-electron chi connectivity index (χ1n) is 8.68. The lowest BCUT2D eigenvalue weighted by Crippen LogP contribution is -2.40. The Balaban J connectivity index is 1.56. The van der Waals surface area contributed by atoms with Crippen molar-refractivity contribution in [2.24, 2.45) is 0 Å². The molecule has 2 aromatic rings. The Morgan fingerprint density at radius 1 is 1.19 bits per heavy atom. The van der Waals surface area contributed by atoms with Gasteiger partial charge in [-0.1, -0.05) is 36.4 Å². The molecule has 6 heteroatoms. The number of amides is 1. The van der Waals surface area contributed by atoms with Gasteiger partial charge in [0.15, 0.2) is 11.5 Å². The quantitative estimate of drug-likeness (QED) is 0.702. The van der Waals surface area contributed by atoms with Crippen LogP contribution in [0.15, 0.2) is 48.5 Å². The normalized spacial score (nSPS) is 19.2. The number of benzene rings is 2. The molecule has 2 aromatic carbocycles. The lowest BCUT2D eigenvalue weighted by molar-refractivity contribution is -0.123. The Kier molecular flexibility index (Phi) is 6.09. The summed E-state index contributed by atoms with van der Waals surface area (Å²) in [4.78, 5) is 12.1. The molecule has 0 aliphatic carbocycles. The highest BCUT2D eigenvalue weighted by atomic mass is 16.5. The molecule has 138 valence electrons.